The molecule has 0 saturated heterocycles. The highest BCUT2D eigenvalue weighted by molar-refractivity contribution is 7.99. The number of hydrogen-bond acceptors (Lipinski definition) is 5. The van der Waals surface area contributed by atoms with Crippen molar-refractivity contribution < 1.29 is 4.79 Å². The lowest BCUT2D eigenvalue weighted by molar-refractivity contribution is -0.113. The molecule has 2 heterocycles. The number of rotatable bonds is 6. The van der Waals surface area contributed by atoms with Crippen molar-refractivity contribution in [2.24, 2.45) is 0 Å². The van der Waals surface area contributed by atoms with E-state index in [4.69, 9.17) is 4.98 Å². The average molecular weight is 411 g/mol. The molecule has 4 rings (SSSR count). The Kier molecular flexibility index (Phi) is 5.69. The molecule has 144 valence electrons. The maximum atomic E-state index is 12.6. The molecule has 1 aliphatic rings. The zero-order chi connectivity index (χ0) is 19.5. The van der Waals surface area contributed by atoms with Crippen LogP contribution in [0.15, 0.2) is 29.4 Å². The largest absolute Gasteiger partial charge is 0.319 e. The van der Waals surface area contributed by atoms with Crippen molar-refractivity contribution in [3.63, 3.8) is 0 Å². The molecular weight excluding hydrogens is 388 g/mol. The van der Waals surface area contributed by atoms with Crippen molar-refractivity contribution in [3.8, 4) is 6.07 Å². The van der Waals surface area contributed by atoms with E-state index in [0.717, 1.165) is 60.4 Å². The first kappa shape index (κ1) is 19.0. The summed E-state index contributed by atoms with van der Waals surface area (Å²) in [6, 6.07) is 10.4. The van der Waals surface area contributed by atoms with E-state index < -0.39 is 0 Å². The van der Waals surface area contributed by atoms with Crippen LogP contribution >= 0.6 is 23.1 Å². The van der Waals surface area contributed by atoms with Crippen LogP contribution in [0.4, 0.5) is 5.00 Å². The molecule has 0 bridgehead atoms. The lowest BCUT2D eigenvalue weighted by Crippen LogP contribution is -2.14. The lowest BCUT2D eigenvalue weighted by atomic mass is 9.96. The van der Waals surface area contributed by atoms with Gasteiger partial charge < -0.3 is 9.88 Å². The summed E-state index contributed by atoms with van der Waals surface area (Å²) in [6.07, 6.45) is 5.25. The number of amides is 1. The topological polar surface area (TPSA) is 70.7 Å². The van der Waals surface area contributed by atoms with E-state index >= 15 is 0 Å². The number of aromatic nitrogens is 2. The molecule has 5 nitrogen and oxygen atoms in total. The Labute approximate surface area is 172 Å². The minimum atomic E-state index is -0.0878. The predicted molar refractivity (Wildman–Crippen MR) is 115 cm³/mol. The molecule has 28 heavy (non-hydrogen) atoms. The third kappa shape index (κ3) is 3.67. The third-order valence-corrected chi connectivity index (χ3v) is 7.12. The number of nitriles is 1. The zero-order valence-electron chi connectivity index (χ0n) is 15.8. The number of thiophene rings is 1. The van der Waals surface area contributed by atoms with Gasteiger partial charge in [0.25, 0.3) is 0 Å². The number of thioether (sulfide) groups is 1. The van der Waals surface area contributed by atoms with Crippen LogP contribution in [0.25, 0.3) is 11.0 Å². The fourth-order valence-electron chi connectivity index (χ4n) is 3.67. The number of hydrogen-bond donors (Lipinski definition) is 1. The third-order valence-electron chi connectivity index (χ3n) is 4.94. The van der Waals surface area contributed by atoms with Gasteiger partial charge in [0.1, 0.15) is 11.1 Å². The number of para-hydroxylation sites is 2. The van der Waals surface area contributed by atoms with Gasteiger partial charge >= 0.3 is 0 Å². The zero-order valence-corrected chi connectivity index (χ0v) is 17.5. The Morgan fingerprint density at radius 2 is 2.18 bits per heavy atom. The normalized spacial score (nSPS) is 13.3. The Balaban J connectivity index is 1.49. The number of aryl methyl sites for hydroxylation is 2. The van der Waals surface area contributed by atoms with E-state index in [0.29, 0.717) is 10.6 Å². The maximum Gasteiger partial charge on any atom is 0.235 e. The molecule has 0 radical (unpaired) electrons. The minimum Gasteiger partial charge on any atom is -0.319 e. The summed E-state index contributed by atoms with van der Waals surface area (Å²) in [4.78, 5) is 18.5. The van der Waals surface area contributed by atoms with Gasteiger partial charge in [-0.15, -0.1) is 11.3 Å². The van der Waals surface area contributed by atoms with Crippen molar-refractivity contribution in [3.05, 3.63) is 40.3 Å². The van der Waals surface area contributed by atoms with E-state index in [2.05, 4.69) is 28.9 Å². The summed E-state index contributed by atoms with van der Waals surface area (Å²) < 4.78 is 2.18. The second-order valence-electron chi connectivity index (χ2n) is 6.90. The molecule has 2 aromatic heterocycles. The van der Waals surface area contributed by atoms with Crippen LogP contribution in [0.2, 0.25) is 0 Å². The highest BCUT2D eigenvalue weighted by Gasteiger charge is 2.22. The number of nitrogens with one attached hydrogen (secondary N) is 1. The molecule has 7 heteroatoms. The molecule has 0 unspecified atom stereocenters. The number of carbonyl (C=O) groups excluding carboxylic acids is 1. The molecular formula is C21H22N4OS2. The fourth-order valence-corrected chi connectivity index (χ4v) is 5.76. The minimum absolute atomic E-state index is 0.0878. The molecule has 1 N–H and O–H groups in total. The summed E-state index contributed by atoms with van der Waals surface area (Å²) in [7, 11) is 0. The summed E-state index contributed by atoms with van der Waals surface area (Å²) in [6.45, 7) is 3.01. The molecule has 1 aromatic carbocycles. The second kappa shape index (κ2) is 8.38. The van der Waals surface area contributed by atoms with Gasteiger partial charge in [-0.25, -0.2) is 4.98 Å². The van der Waals surface area contributed by atoms with Crippen LogP contribution in [0.1, 0.15) is 42.2 Å². The number of anilines is 1. The Morgan fingerprint density at radius 1 is 1.36 bits per heavy atom. The molecule has 0 aliphatic heterocycles. The van der Waals surface area contributed by atoms with Gasteiger partial charge in [0.05, 0.1) is 22.3 Å². The fraction of sp³-hybridized carbons (Fsp3) is 0.381. The standard InChI is InChI=1S/C21H22N4OS2/c1-2-11-25-17-9-5-4-8-16(17)23-21(25)27-13-19(26)24-20-15(12-22)14-7-3-6-10-18(14)28-20/h4-5,8-9H,2-3,6-7,10-11,13H2,1H3,(H,24,26). The Hall–Kier alpha value is -2.30. The van der Waals surface area contributed by atoms with Crippen LogP contribution in [0, 0.1) is 11.3 Å². The quantitative estimate of drug-likeness (QED) is 0.581. The van der Waals surface area contributed by atoms with Gasteiger partial charge in [-0.2, -0.15) is 5.26 Å². The van der Waals surface area contributed by atoms with Crippen LogP contribution < -0.4 is 5.32 Å². The number of benzene rings is 1. The van der Waals surface area contributed by atoms with E-state index in [-0.39, 0.29) is 11.7 Å². The first-order chi connectivity index (χ1) is 13.7. The molecule has 0 atom stereocenters. The molecule has 0 saturated carbocycles. The monoisotopic (exact) mass is 410 g/mol. The molecule has 3 aromatic rings. The average Bonchev–Trinajstić information content (AvgIpc) is 3.24. The lowest BCUT2D eigenvalue weighted by Gasteiger charge is -2.09. The summed E-state index contributed by atoms with van der Waals surface area (Å²) in [5, 5.41) is 14.1. The smallest absolute Gasteiger partial charge is 0.235 e. The van der Waals surface area contributed by atoms with Crippen LogP contribution in [-0.4, -0.2) is 21.2 Å². The highest BCUT2D eigenvalue weighted by Crippen LogP contribution is 2.37. The van der Waals surface area contributed by atoms with E-state index in [1.165, 1.54) is 16.6 Å². The first-order valence-corrected chi connectivity index (χ1v) is 11.4. The van der Waals surface area contributed by atoms with Crippen molar-refractivity contribution >= 4 is 45.0 Å². The van der Waals surface area contributed by atoms with E-state index in [1.807, 2.05) is 18.2 Å². The van der Waals surface area contributed by atoms with Gasteiger partial charge in [-0.1, -0.05) is 30.8 Å². The molecule has 0 fully saturated rings. The molecule has 0 spiro atoms. The van der Waals surface area contributed by atoms with Gasteiger partial charge in [0.2, 0.25) is 5.91 Å². The SMILES string of the molecule is CCCn1c(SCC(=O)Nc2sc3c(c2C#N)CCCC3)nc2ccccc21. The van der Waals surface area contributed by atoms with E-state index in [9.17, 15) is 10.1 Å². The van der Waals surface area contributed by atoms with E-state index in [1.54, 1.807) is 11.3 Å². The molecule has 1 amide bonds. The second-order valence-corrected chi connectivity index (χ2v) is 8.95. The number of imidazole rings is 1. The summed E-state index contributed by atoms with van der Waals surface area (Å²) >= 11 is 3.02. The van der Waals surface area contributed by atoms with Crippen LogP contribution in [0.5, 0.6) is 0 Å². The first-order valence-electron chi connectivity index (χ1n) is 9.63. The highest BCUT2D eigenvalue weighted by atomic mass is 32.2. The van der Waals surface area contributed by atoms with Crippen molar-refractivity contribution in [1.29, 1.82) is 5.26 Å². The summed E-state index contributed by atoms with van der Waals surface area (Å²) in [5.41, 5.74) is 3.87. The maximum absolute atomic E-state index is 12.6. The van der Waals surface area contributed by atoms with Crippen molar-refractivity contribution in [2.75, 3.05) is 11.1 Å². The molecule has 1 aliphatic carbocycles. The summed E-state index contributed by atoms with van der Waals surface area (Å²) in [5.74, 6) is 0.190. The Bertz CT molecular complexity index is 1060. The number of nitrogens with zero attached hydrogens (tertiary/aromatic N) is 3. The van der Waals surface area contributed by atoms with Crippen LogP contribution in [0.3, 0.4) is 0 Å². The van der Waals surface area contributed by atoms with Crippen molar-refractivity contribution in [1.82, 2.24) is 9.55 Å². The number of fused-ring (bicyclic) bond motifs is 2. The van der Waals surface area contributed by atoms with Gasteiger partial charge in [-0.05, 0) is 49.8 Å². The van der Waals surface area contributed by atoms with Gasteiger partial charge in [0.15, 0.2) is 5.16 Å². The van der Waals surface area contributed by atoms with Gasteiger partial charge in [-0.3, -0.25) is 4.79 Å². The number of carbonyl (C=O) groups is 1. The van der Waals surface area contributed by atoms with Crippen molar-refractivity contribution in [2.45, 2.75) is 50.7 Å². The Morgan fingerprint density at radius 3 is 3.00 bits per heavy atom. The van der Waals surface area contributed by atoms with Crippen LogP contribution in [-0.2, 0) is 24.2 Å². The van der Waals surface area contributed by atoms with Gasteiger partial charge in [0, 0.05) is 11.4 Å². The predicted octanol–water partition coefficient (Wildman–Crippen LogP) is 4.99.